The molecular weight excluding hydrogens is 659 g/mol. The average Bonchev–Trinajstić information content (AvgIpc) is 3.94. The lowest BCUT2D eigenvalue weighted by Crippen LogP contribution is -2.14. The third kappa shape index (κ3) is 3.96. The Balaban J connectivity index is 1.08. The van der Waals surface area contributed by atoms with E-state index < -0.39 is 0 Å². The van der Waals surface area contributed by atoms with Crippen LogP contribution in [0.1, 0.15) is 25.0 Å². The Hall–Kier alpha value is -6.84. The SMILES string of the molecule is CC1(C)c2ccc(-c3ccc4c(c3)c3cc(-c5cccc6c5oc5ccccc56)ccc3n4-c3ccccc3)cc2-c2c1ccc1c2oc2ccccc21. The third-order valence-electron chi connectivity index (χ3n) is 12.0. The predicted octanol–water partition coefficient (Wildman–Crippen LogP) is 14.2. The highest BCUT2D eigenvalue weighted by molar-refractivity contribution is 6.15. The minimum absolute atomic E-state index is 0.136. The van der Waals surface area contributed by atoms with Gasteiger partial charge in [0.15, 0.2) is 0 Å². The van der Waals surface area contributed by atoms with Crippen LogP contribution in [0.2, 0.25) is 0 Å². The van der Waals surface area contributed by atoms with Gasteiger partial charge < -0.3 is 13.4 Å². The number of aromatic nitrogens is 1. The van der Waals surface area contributed by atoms with Crippen molar-refractivity contribution in [3.05, 3.63) is 175 Å². The molecule has 0 spiro atoms. The van der Waals surface area contributed by atoms with Gasteiger partial charge in [0.25, 0.3) is 0 Å². The number of rotatable bonds is 3. The molecule has 0 aliphatic heterocycles. The Labute approximate surface area is 311 Å². The number of fused-ring (bicyclic) bond motifs is 13. The highest BCUT2D eigenvalue weighted by Gasteiger charge is 2.38. The first-order chi connectivity index (χ1) is 26.5. The molecule has 3 aromatic heterocycles. The Morgan fingerprint density at radius 3 is 1.74 bits per heavy atom. The smallest absolute Gasteiger partial charge is 0.143 e. The molecule has 0 radical (unpaired) electrons. The van der Waals surface area contributed by atoms with Gasteiger partial charge >= 0.3 is 0 Å². The van der Waals surface area contributed by atoms with Gasteiger partial charge in [-0.1, -0.05) is 123 Å². The van der Waals surface area contributed by atoms with E-state index in [1.807, 2.05) is 12.1 Å². The molecule has 0 amide bonds. The van der Waals surface area contributed by atoms with Crippen LogP contribution in [-0.4, -0.2) is 4.57 Å². The maximum Gasteiger partial charge on any atom is 0.143 e. The van der Waals surface area contributed by atoms with Gasteiger partial charge in [-0.3, -0.25) is 0 Å². The average molecular weight is 692 g/mol. The van der Waals surface area contributed by atoms with Crippen molar-refractivity contribution in [3.8, 4) is 39.1 Å². The van der Waals surface area contributed by atoms with Crippen molar-refractivity contribution in [2.75, 3.05) is 0 Å². The summed E-state index contributed by atoms with van der Waals surface area (Å²) < 4.78 is 15.5. The first kappa shape index (κ1) is 29.7. The van der Waals surface area contributed by atoms with E-state index >= 15 is 0 Å². The number of furan rings is 2. The standard InChI is InChI=1S/C51H33NO2/c1-51(2)42-23-19-30(28-41(42)48-43(51)24-22-38-36-14-7-9-18-47(36)54-50(38)48)31-20-25-44-39(27-31)40-29-32(21-26-45(40)52(44)33-11-4-3-5-12-33)34-15-10-16-37-35-13-6-8-17-46(35)53-49(34)37/h3-29H,1-2H3. The van der Waals surface area contributed by atoms with Crippen LogP contribution in [0.25, 0.3) is 105 Å². The minimum Gasteiger partial charge on any atom is -0.455 e. The number of para-hydroxylation sites is 4. The Kier molecular flexibility index (Phi) is 5.84. The first-order valence-corrected chi connectivity index (χ1v) is 18.7. The van der Waals surface area contributed by atoms with E-state index in [9.17, 15) is 0 Å². The number of hydrogen-bond acceptors (Lipinski definition) is 2. The molecule has 1 aliphatic carbocycles. The van der Waals surface area contributed by atoms with Crippen LogP contribution in [-0.2, 0) is 5.41 Å². The summed E-state index contributed by atoms with van der Waals surface area (Å²) >= 11 is 0. The van der Waals surface area contributed by atoms with Crippen molar-refractivity contribution in [3.63, 3.8) is 0 Å². The topological polar surface area (TPSA) is 31.2 Å². The van der Waals surface area contributed by atoms with Gasteiger partial charge in [-0.05, 0) is 88.0 Å². The second-order valence-corrected chi connectivity index (χ2v) is 15.3. The summed E-state index contributed by atoms with van der Waals surface area (Å²) in [6.45, 7) is 4.67. The zero-order valence-electron chi connectivity index (χ0n) is 29.9. The molecule has 54 heavy (non-hydrogen) atoms. The summed E-state index contributed by atoms with van der Waals surface area (Å²) in [7, 11) is 0. The van der Waals surface area contributed by atoms with Gasteiger partial charge in [0.2, 0.25) is 0 Å². The number of benzene rings is 8. The van der Waals surface area contributed by atoms with E-state index in [2.05, 4.69) is 170 Å². The molecule has 254 valence electrons. The molecule has 0 N–H and O–H groups in total. The van der Waals surface area contributed by atoms with Crippen LogP contribution in [0, 0.1) is 0 Å². The number of hydrogen-bond donors (Lipinski definition) is 0. The fourth-order valence-electron chi connectivity index (χ4n) is 9.40. The molecule has 12 rings (SSSR count). The molecule has 0 saturated carbocycles. The van der Waals surface area contributed by atoms with Crippen molar-refractivity contribution in [2.45, 2.75) is 19.3 Å². The van der Waals surface area contributed by atoms with Crippen molar-refractivity contribution in [2.24, 2.45) is 0 Å². The van der Waals surface area contributed by atoms with Gasteiger partial charge in [-0.2, -0.15) is 0 Å². The molecule has 3 heterocycles. The van der Waals surface area contributed by atoms with Gasteiger partial charge in [0.1, 0.15) is 22.3 Å². The first-order valence-electron chi connectivity index (χ1n) is 18.7. The minimum atomic E-state index is -0.136. The van der Waals surface area contributed by atoms with E-state index in [4.69, 9.17) is 8.83 Å². The summed E-state index contributed by atoms with van der Waals surface area (Å²) in [4.78, 5) is 0. The van der Waals surface area contributed by atoms with Crippen molar-refractivity contribution in [1.82, 2.24) is 4.57 Å². The lowest BCUT2D eigenvalue weighted by Gasteiger charge is -2.21. The molecule has 0 fully saturated rings. The van der Waals surface area contributed by atoms with Gasteiger partial charge in [-0.25, -0.2) is 0 Å². The Morgan fingerprint density at radius 2 is 0.981 bits per heavy atom. The van der Waals surface area contributed by atoms with E-state index in [1.165, 1.54) is 60.6 Å². The summed E-state index contributed by atoms with van der Waals surface area (Å²) in [5.41, 5.74) is 16.8. The molecule has 0 bridgehead atoms. The maximum atomic E-state index is 6.62. The van der Waals surface area contributed by atoms with Crippen molar-refractivity contribution >= 4 is 65.7 Å². The highest BCUT2D eigenvalue weighted by Crippen LogP contribution is 2.53. The molecule has 0 saturated heterocycles. The second kappa shape index (κ2) is 10.6. The molecule has 11 aromatic rings. The van der Waals surface area contributed by atoms with Gasteiger partial charge in [0.05, 0.1) is 11.0 Å². The monoisotopic (exact) mass is 691 g/mol. The van der Waals surface area contributed by atoms with E-state index in [0.717, 1.165) is 55.3 Å². The molecule has 3 heteroatoms. The van der Waals surface area contributed by atoms with Crippen LogP contribution in [0.4, 0.5) is 0 Å². The molecular formula is C51H33NO2. The van der Waals surface area contributed by atoms with Crippen LogP contribution in [0.3, 0.4) is 0 Å². The lowest BCUT2D eigenvalue weighted by atomic mass is 9.82. The van der Waals surface area contributed by atoms with Crippen molar-refractivity contribution in [1.29, 1.82) is 0 Å². The molecule has 1 aliphatic rings. The van der Waals surface area contributed by atoms with Gasteiger partial charge in [0, 0.05) is 54.5 Å². The Bertz CT molecular complexity index is 3350. The van der Waals surface area contributed by atoms with Gasteiger partial charge in [-0.15, -0.1) is 0 Å². The fraction of sp³-hybridized carbons (Fsp3) is 0.0588. The highest BCUT2D eigenvalue weighted by atomic mass is 16.3. The molecule has 0 unspecified atom stereocenters. The third-order valence-corrected chi connectivity index (χ3v) is 12.0. The summed E-state index contributed by atoms with van der Waals surface area (Å²) in [5.74, 6) is 0. The lowest BCUT2D eigenvalue weighted by molar-refractivity contribution is 0.653. The fourth-order valence-corrected chi connectivity index (χ4v) is 9.40. The second-order valence-electron chi connectivity index (χ2n) is 15.3. The van der Waals surface area contributed by atoms with E-state index in [1.54, 1.807) is 0 Å². The van der Waals surface area contributed by atoms with Crippen molar-refractivity contribution < 1.29 is 8.83 Å². The quantitative estimate of drug-likeness (QED) is 0.185. The van der Waals surface area contributed by atoms with Crippen LogP contribution in [0.5, 0.6) is 0 Å². The Morgan fingerprint density at radius 1 is 0.407 bits per heavy atom. The zero-order chi connectivity index (χ0) is 35.7. The molecule has 8 aromatic carbocycles. The maximum absolute atomic E-state index is 6.62. The van der Waals surface area contributed by atoms with Crippen LogP contribution in [0.15, 0.2) is 173 Å². The van der Waals surface area contributed by atoms with E-state index in [0.29, 0.717) is 0 Å². The predicted molar refractivity (Wildman–Crippen MR) is 224 cm³/mol. The summed E-state index contributed by atoms with van der Waals surface area (Å²) in [6.07, 6.45) is 0. The number of nitrogens with zero attached hydrogens (tertiary/aromatic N) is 1. The zero-order valence-corrected chi connectivity index (χ0v) is 29.9. The van der Waals surface area contributed by atoms with Crippen LogP contribution >= 0.6 is 0 Å². The largest absolute Gasteiger partial charge is 0.455 e. The molecule has 0 atom stereocenters. The normalized spacial score (nSPS) is 13.5. The van der Waals surface area contributed by atoms with Crippen LogP contribution < -0.4 is 0 Å². The molecule has 3 nitrogen and oxygen atoms in total. The van der Waals surface area contributed by atoms with E-state index in [-0.39, 0.29) is 5.41 Å². The summed E-state index contributed by atoms with van der Waals surface area (Å²) in [5, 5.41) is 7.03. The summed E-state index contributed by atoms with van der Waals surface area (Å²) in [6, 6.07) is 59.2.